The molecule has 2 aromatic rings. The normalized spacial score (nSPS) is 23.4. The van der Waals surface area contributed by atoms with Crippen LogP contribution in [0.2, 0.25) is 0 Å². The number of likely N-dealkylation sites (tertiary alicyclic amines) is 1. The van der Waals surface area contributed by atoms with Crippen molar-refractivity contribution in [1.29, 1.82) is 5.26 Å². The van der Waals surface area contributed by atoms with Crippen molar-refractivity contribution in [3.05, 3.63) is 66.2 Å². The average Bonchev–Trinajstić information content (AvgIpc) is 3.29. The second-order valence-electron chi connectivity index (χ2n) is 9.36. The van der Waals surface area contributed by atoms with E-state index >= 15 is 0 Å². The number of nitrogens with zero attached hydrogens (tertiary/aromatic N) is 4. The summed E-state index contributed by atoms with van der Waals surface area (Å²) in [7, 11) is 1.19. The van der Waals surface area contributed by atoms with Crippen LogP contribution in [0.1, 0.15) is 32.8 Å². The van der Waals surface area contributed by atoms with E-state index in [0.29, 0.717) is 17.0 Å². The number of methoxy groups -OCH3 is 1. The zero-order valence-corrected chi connectivity index (χ0v) is 20.0. The van der Waals surface area contributed by atoms with Gasteiger partial charge < -0.3 is 9.47 Å². The van der Waals surface area contributed by atoms with Crippen LogP contribution in [0.3, 0.4) is 0 Å². The molecule has 2 aromatic carbocycles. The third-order valence-corrected chi connectivity index (χ3v) is 6.03. The number of carbonyl (C=O) groups is 3. The van der Waals surface area contributed by atoms with Crippen LogP contribution in [0.4, 0.5) is 10.5 Å². The van der Waals surface area contributed by atoms with Gasteiger partial charge in [0.2, 0.25) is 0 Å². The van der Waals surface area contributed by atoms with Crippen LogP contribution < -0.4 is 5.01 Å². The van der Waals surface area contributed by atoms with E-state index in [2.05, 4.69) is 6.07 Å². The van der Waals surface area contributed by atoms with Gasteiger partial charge in [0.15, 0.2) is 11.6 Å². The molecule has 2 aliphatic heterocycles. The Morgan fingerprint density at radius 2 is 1.69 bits per heavy atom. The molecule has 35 heavy (non-hydrogen) atoms. The SMILES string of the molecule is COC(=O)[C@@H]1[C@H]2C(c3ccccc3)=NN(c3ccccc3)[C@@]2(CC#N)C(=O)N1C(=O)OC(C)(C)C. The molecule has 3 atom stereocenters. The predicted octanol–water partition coefficient (Wildman–Crippen LogP) is 3.50. The lowest BCUT2D eigenvalue weighted by Crippen LogP contribution is -2.54. The van der Waals surface area contributed by atoms with E-state index in [1.54, 1.807) is 57.2 Å². The summed E-state index contributed by atoms with van der Waals surface area (Å²) in [5.41, 5.74) is -0.975. The Morgan fingerprint density at radius 3 is 2.23 bits per heavy atom. The molecule has 0 bridgehead atoms. The van der Waals surface area contributed by atoms with Gasteiger partial charge in [-0.1, -0.05) is 48.5 Å². The first-order valence-corrected chi connectivity index (χ1v) is 11.2. The smallest absolute Gasteiger partial charge is 0.417 e. The molecule has 9 nitrogen and oxygen atoms in total. The molecule has 9 heteroatoms. The number of hydrazone groups is 1. The molecule has 0 saturated carbocycles. The Bertz CT molecular complexity index is 1220. The first kappa shape index (κ1) is 24.0. The van der Waals surface area contributed by atoms with Crippen LogP contribution in [0.25, 0.3) is 0 Å². The number of nitriles is 1. The Kier molecular flexibility index (Phi) is 6.07. The zero-order chi connectivity index (χ0) is 25.4. The molecule has 2 aliphatic rings. The lowest BCUT2D eigenvalue weighted by molar-refractivity contribution is -0.149. The van der Waals surface area contributed by atoms with Gasteiger partial charge in [-0.2, -0.15) is 10.4 Å². The number of anilines is 1. The van der Waals surface area contributed by atoms with Gasteiger partial charge in [-0.15, -0.1) is 0 Å². The fraction of sp³-hybridized carbons (Fsp3) is 0.346. The van der Waals surface area contributed by atoms with Gasteiger partial charge in [-0.25, -0.2) is 19.5 Å². The summed E-state index contributed by atoms with van der Waals surface area (Å²) in [6.07, 6.45) is -1.30. The van der Waals surface area contributed by atoms with E-state index in [4.69, 9.17) is 14.6 Å². The summed E-state index contributed by atoms with van der Waals surface area (Å²) < 4.78 is 10.6. The van der Waals surface area contributed by atoms with Gasteiger partial charge in [-0.3, -0.25) is 4.79 Å². The van der Waals surface area contributed by atoms with Crippen LogP contribution in [0.5, 0.6) is 0 Å². The van der Waals surface area contributed by atoms with E-state index < -0.39 is 41.1 Å². The second-order valence-corrected chi connectivity index (χ2v) is 9.36. The van der Waals surface area contributed by atoms with Crippen molar-refractivity contribution in [3.8, 4) is 6.07 Å². The minimum atomic E-state index is -1.66. The predicted molar refractivity (Wildman–Crippen MR) is 127 cm³/mol. The molecule has 4 rings (SSSR count). The van der Waals surface area contributed by atoms with Crippen LogP contribution in [-0.2, 0) is 19.1 Å². The number of amides is 2. The number of hydrogen-bond donors (Lipinski definition) is 0. The van der Waals surface area contributed by atoms with Crippen LogP contribution in [0, 0.1) is 17.2 Å². The lowest BCUT2D eigenvalue weighted by Gasteiger charge is -2.34. The molecule has 2 heterocycles. The first-order valence-electron chi connectivity index (χ1n) is 11.2. The molecule has 0 aliphatic carbocycles. The molecule has 1 fully saturated rings. The maximum Gasteiger partial charge on any atom is 0.417 e. The Labute approximate surface area is 203 Å². The van der Waals surface area contributed by atoms with Gasteiger partial charge in [0, 0.05) is 0 Å². The maximum absolute atomic E-state index is 14.2. The average molecular weight is 475 g/mol. The minimum Gasteiger partial charge on any atom is -0.467 e. The monoisotopic (exact) mass is 474 g/mol. The van der Waals surface area contributed by atoms with Crippen molar-refractivity contribution in [2.45, 2.75) is 44.4 Å². The number of ether oxygens (including phenoxy) is 2. The molecule has 180 valence electrons. The van der Waals surface area contributed by atoms with Gasteiger partial charge in [0.1, 0.15) is 5.60 Å². The largest absolute Gasteiger partial charge is 0.467 e. The molecule has 1 saturated heterocycles. The highest BCUT2D eigenvalue weighted by Gasteiger charge is 2.71. The quantitative estimate of drug-likeness (QED) is 0.624. The van der Waals surface area contributed by atoms with Crippen molar-refractivity contribution in [3.63, 3.8) is 0 Å². The van der Waals surface area contributed by atoms with Gasteiger partial charge in [0.05, 0.1) is 36.9 Å². The summed E-state index contributed by atoms with van der Waals surface area (Å²) in [6, 6.07) is 18.7. The second kappa shape index (κ2) is 8.87. The van der Waals surface area contributed by atoms with Crippen molar-refractivity contribution in [1.82, 2.24) is 4.90 Å². The summed E-state index contributed by atoms with van der Waals surface area (Å²) in [4.78, 5) is 41.4. The molecule has 0 spiro atoms. The highest BCUT2D eigenvalue weighted by molar-refractivity contribution is 6.19. The fourth-order valence-electron chi connectivity index (χ4n) is 4.69. The molecular weight excluding hydrogens is 448 g/mol. The highest BCUT2D eigenvalue weighted by Crippen LogP contribution is 2.50. The van der Waals surface area contributed by atoms with Gasteiger partial charge >= 0.3 is 12.1 Å². The Hall–Kier alpha value is -4.19. The number of para-hydroxylation sites is 1. The minimum absolute atomic E-state index is 0.321. The molecule has 0 aromatic heterocycles. The molecule has 0 unspecified atom stereocenters. The first-order chi connectivity index (χ1) is 16.7. The van der Waals surface area contributed by atoms with Crippen LogP contribution >= 0.6 is 0 Å². The summed E-state index contributed by atoms with van der Waals surface area (Å²) in [6.45, 7) is 4.99. The zero-order valence-electron chi connectivity index (χ0n) is 20.0. The number of hydrogen-bond acceptors (Lipinski definition) is 8. The van der Waals surface area contributed by atoms with E-state index in [0.717, 1.165) is 4.90 Å². The number of carbonyl (C=O) groups excluding carboxylic acids is 3. The number of rotatable bonds is 4. The van der Waals surface area contributed by atoms with Gasteiger partial charge in [-0.05, 0) is 38.5 Å². The van der Waals surface area contributed by atoms with E-state index in [1.807, 2.05) is 24.3 Å². The van der Waals surface area contributed by atoms with Crippen LogP contribution in [0.15, 0.2) is 65.8 Å². The fourth-order valence-corrected chi connectivity index (χ4v) is 4.69. The van der Waals surface area contributed by atoms with E-state index in [-0.39, 0.29) is 6.42 Å². The summed E-state index contributed by atoms with van der Waals surface area (Å²) in [5, 5.41) is 16.1. The van der Waals surface area contributed by atoms with Gasteiger partial charge in [0.25, 0.3) is 5.91 Å². The Balaban J connectivity index is 1.98. The molecular formula is C26H26N4O5. The topological polar surface area (TPSA) is 112 Å². The number of esters is 1. The third kappa shape index (κ3) is 3.91. The Morgan fingerprint density at radius 1 is 1.09 bits per heavy atom. The standard InChI is InChI=1S/C26H26N4O5/c1-25(2,3)35-24(33)29-21(22(31)34-4)19-20(17-11-7-5-8-12-17)28-30(18-13-9-6-10-14-18)26(19,15-16-27)23(29)32/h5-14,19,21H,15H2,1-4H3/t19-,21+,26-/m1/s1. The van der Waals surface area contributed by atoms with Crippen molar-refractivity contribution in [2.24, 2.45) is 11.0 Å². The van der Waals surface area contributed by atoms with Crippen molar-refractivity contribution >= 4 is 29.4 Å². The van der Waals surface area contributed by atoms with Crippen molar-refractivity contribution < 1.29 is 23.9 Å². The summed E-state index contributed by atoms with van der Waals surface area (Å²) >= 11 is 0. The lowest BCUT2D eigenvalue weighted by atomic mass is 9.76. The van der Waals surface area contributed by atoms with E-state index in [1.165, 1.54) is 12.1 Å². The number of benzene rings is 2. The molecule has 2 amide bonds. The van der Waals surface area contributed by atoms with Crippen LogP contribution in [-0.4, -0.2) is 52.9 Å². The van der Waals surface area contributed by atoms with E-state index in [9.17, 15) is 19.6 Å². The third-order valence-electron chi connectivity index (χ3n) is 6.03. The summed E-state index contributed by atoms with van der Waals surface area (Å²) in [5.74, 6) is -2.52. The number of imide groups is 1. The highest BCUT2D eigenvalue weighted by atomic mass is 16.6. The molecule has 0 radical (unpaired) electrons. The number of fused-ring (bicyclic) bond motifs is 1. The molecule has 0 N–H and O–H groups in total. The van der Waals surface area contributed by atoms with Crippen molar-refractivity contribution in [2.75, 3.05) is 12.1 Å². The maximum atomic E-state index is 14.2.